The molecule has 1 aromatic heterocycles. The predicted octanol–water partition coefficient (Wildman–Crippen LogP) is 3.39. The predicted molar refractivity (Wildman–Crippen MR) is 73.8 cm³/mol. The molecule has 0 saturated carbocycles. The van der Waals surface area contributed by atoms with E-state index in [0.29, 0.717) is 6.54 Å². The van der Waals surface area contributed by atoms with E-state index in [0.717, 1.165) is 27.7 Å². The number of hydrogen-bond acceptors (Lipinski definition) is 3. The third-order valence-electron chi connectivity index (χ3n) is 2.75. The van der Waals surface area contributed by atoms with Crippen molar-refractivity contribution >= 4 is 22.9 Å². The molecule has 0 aliphatic carbocycles. The van der Waals surface area contributed by atoms with Gasteiger partial charge in [-0.25, -0.2) is 4.98 Å². The van der Waals surface area contributed by atoms with E-state index in [-0.39, 0.29) is 5.92 Å². The molecule has 2 N–H and O–H groups in total. The summed E-state index contributed by atoms with van der Waals surface area (Å²) in [6, 6.07) is 7.88. The highest BCUT2D eigenvalue weighted by Crippen LogP contribution is 2.27. The largest absolute Gasteiger partial charge is 0.330 e. The molecule has 0 aliphatic rings. The fourth-order valence-electron chi connectivity index (χ4n) is 1.88. The lowest BCUT2D eigenvalue weighted by molar-refractivity contribution is 0.684. The second-order valence-electron chi connectivity index (χ2n) is 4.02. The van der Waals surface area contributed by atoms with Crippen LogP contribution in [0.25, 0.3) is 0 Å². The van der Waals surface area contributed by atoms with Gasteiger partial charge >= 0.3 is 0 Å². The zero-order chi connectivity index (χ0) is 12.3. The Kier molecular flexibility index (Phi) is 4.15. The normalized spacial score (nSPS) is 12.6. The average molecular weight is 267 g/mol. The third-order valence-corrected chi connectivity index (χ3v) is 3.92. The maximum Gasteiger partial charge on any atom is 0.0897 e. The van der Waals surface area contributed by atoms with E-state index in [2.05, 4.69) is 10.4 Å². The summed E-state index contributed by atoms with van der Waals surface area (Å²) in [7, 11) is 0. The van der Waals surface area contributed by atoms with Crippen LogP contribution < -0.4 is 5.73 Å². The smallest absolute Gasteiger partial charge is 0.0897 e. The summed E-state index contributed by atoms with van der Waals surface area (Å²) in [6.07, 6.45) is 0.852. The number of benzene rings is 1. The first-order valence-corrected chi connectivity index (χ1v) is 6.82. The van der Waals surface area contributed by atoms with Crippen LogP contribution in [0.1, 0.15) is 22.2 Å². The first kappa shape index (κ1) is 12.6. The molecule has 0 fully saturated rings. The molecule has 0 saturated heterocycles. The minimum atomic E-state index is 0.241. The van der Waals surface area contributed by atoms with E-state index in [1.54, 1.807) is 11.3 Å². The van der Waals surface area contributed by atoms with Crippen LogP contribution in [0.2, 0.25) is 5.02 Å². The number of aryl methyl sites for hydroxylation is 1. The summed E-state index contributed by atoms with van der Waals surface area (Å²) < 4.78 is 0. The molecule has 0 spiro atoms. The van der Waals surface area contributed by atoms with Gasteiger partial charge < -0.3 is 5.73 Å². The Hall–Kier alpha value is -0.900. The first-order valence-electron chi connectivity index (χ1n) is 5.56. The van der Waals surface area contributed by atoms with Gasteiger partial charge in [0.1, 0.15) is 0 Å². The van der Waals surface area contributed by atoms with Gasteiger partial charge in [-0.2, -0.15) is 0 Å². The summed E-state index contributed by atoms with van der Waals surface area (Å²) >= 11 is 7.87. The molecule has 1 unspecified atom stereocenters. The summed E-state index contributed by atoms with van der Waals surface area (Å²) in [5.41, 5.74) is 8.06. The highest BCUT2D eigenvalue weighted by molar-refractivity contribution is 7.09. The molecular weight excluding hydrogens is 252 g/mol. The van der Waals surface area contributed by atoms with Crippen LogP contribution in [-0.2, 0) is 6.42 Å². The topological polar surface area (TPSA) is 38.9 Å². The number of thiazole rings is 1. The molecular formula is C13H15ClN2S. The highest BCUT2D eigenvalue weighted by atomic mass is 35.5. The Labute approximate surface area is 110 Å². The average Bonchev–Trinajstić information content (AvgIpc) is 2.73. The minimum Gasteiger partial charge on any atom is -0.330 e. The Morgan fingerprint density at radius 1 is 1.41 bits per heavy atom. The molecule has 0 bridgehead atoms. The summed E-state index contributed by atoms with van der Waals surface area (Å²) in [6.45, 7) is 2.60. The molecule has 17 heavy (non-hydrogen) atoms. The van der Waals surface area contributed by atoms with E-state index in [1.807, 2.05) is 31.2 Å². The summed E-state index contributed by atoms with van der Waals surface area (Å²) in [5.74, 6) is 0.241. The lowest BCUT2D eigenvalue weighted by Gasteiger charge is -2.15. The van der Waals surface area contributed by atoms with E-state index in [1.165, 1.54) is 0 Å². The van der Waals surface area contributed by atoms with Gasteiger partial charge in [0.05, 0.1) is 10.7 Å². The van der Waals surface area contributed by atoms with Gasteiger partial charge in [-0.15, -0.1) is 11.3 Å². The second-order valence-corrected chi connectivity index (χ2v) is 5.49. The van der Waals surface area contributed by atoms with Crippen molar-refractivity contribution in [3.63, 3.8) is 0 Å². The van der Waals surface area contributed by atoms with Crippen molar-refractivity contribution in [1.82, 2.24) is 4.98 Å². The van der Waals surface area contributed by atoms with Crippen LogP contribution in [0.3, 0.4) is 0 Å². The van der Waals surface area contributed by atoms with E-state index in [9.17, 15) is 0 Å². The SMILES string of the molecule is Cc1nc(CC(CN)c2ccccc2Cl)cs1. The van der Waals surface area contributed by atoms with Crippen LogP contribution in [0, 0.1) is 6.92 Å². The molecule has 1 atom stereocenters. The van der Waals surface area contributed by atoms with Crippen LogP contribution in [0.15, 0.2) is 29.6 Å². The number of aromatic nitrogens is 1. The quantitative estimate of drug-likeness (QED) is 0.921. The number of halogens is 1. The fraction of sp³-hybridized carbons (Fsp3) is 0.308. The van der Waals surface area contributed by atoms with Crippen LogP contribution in [0.5, 0.6) is 0 Å². The van der Waals surface area contributed by atoms with E-state index in [4.69, 9.17) is 17.3 Å². The van der Waals surface area contributed by atoms with Gasteiger partial charge in [0.15, 0.2) is 0 Å². The number of rotatable bonds is 4. The molecule has 2 rings (SSSR count). The number of hydrogen-bond donors (Lipinski definition) is 1. The first-order chi connectivity index (χ1) is 8.20. The number of nitrogens with two attached hydrogens (primary N) is 1. The fourth-order valence-corrected chi connectivity index (χ4v) is 2.80. The van der Waals surface area contributed by atoms with Gasteiger partial charge in [0.2, 0.25) is 0 Å². The standard InChI is InChI=1S/C13H15ClN2S/c1-9-16-11(8-17-9)6-10(7-15)12-4-2-3-5-13(12)14/h2-5,8,10H,6-7,15H2,1H3. The molecule has 0 amide bonds. The molecule has 4 heteroatoms. The van der Waals surface area contributed by atoms with Crippen molar-refractivity contribution in [3.05, 3.63) is 50.9 Å². The number of nitrogens with zero attached hydrogens (tertiary/aromatic N) is 1. The minimum absolute atomic E-state index is 0.241. The Morgan fingerprint density at radius 2 is 2.18 bits per heavy atom. The van der Waals surface area contributed by atoms with Crippen molar-refractivity contribution in [2.75, 3.05) is 6.54 Å². The zero-order valence-corrected chi connectivity index (χ0v) is 11.3. The van der Waals surface area contributed by atoms with E-state index >= 15 is 0 Å². The maximum atomic E-state index is 6.20. The van der Waals surface area contributed by atoms with Gasteiger partial charge in [-0.3, -0.25) is 0 Å². The lowest BCUT2D eigenvalue weighted by Crippen LogP contribution is -2.15. The molecule has 90 valence electrons. The van der Waals surface area contributed by atoms with Crippen molar-refractivity contribution in [2.24, 2.45) is 5.73 Å². The molecule has 2 nitrogen and oxygen atoms in total. The highest BCUT2D eigenvalue weighted by Gasteiger charge is 2.14. The molecule has 2 aromatic rings. The van der Waals surface area contributed by atoms with Crippen molar-refractivity contribution in [1.29, 1.82) is 0 Å². The third kappa shape index (κ3) is 3.06. The Morgan fingerprint density at radius 3 is 2.76 bits per heavy atom. The zero-order valence-electron chi connectivity index (χ0n) is 9.69. The van der Waals surface area contributed by atoms with Crippen LogP contribution >= 0.6 is 22.9 Å². The van der Waals surface area contributed by atoms with Crippen LogP contribution in [0.4, 0.5) is 0 Å². The molecule has 1 aromatic carbocycles. The Bertz CT molecular complexity index is 496. The summed E-state index contributed by atoms with van der Waals surface area (Å²) in [5, 5.41) is 3.97. The van der Waals surface area contributed by atoms with Crippen molar-refractivity contribution in [3.8, 4) is 0 Å². The molecule has 1 heterocycles. The second kappa shape index (κ2) is 5.63. The van der Waals surface area contributed by atoms with E-state index < -0.39 is 0 Å². The monoisotopic (exact) mass is 266 g/mol. The molecule has 0 aliphatic heterocycles. The van der Waals surface area contributed by atoms with Gasteiger partial charge in [0.25, 0.3) is 0 Å². The summed E-state index contributed by atoms with van der Waals surface area (Å²) in [4.78, 5) is 4.47. The maximum absolute atomic E-state index is 6.20. The van der Waals surface area contributed by atoms with Gasteiger partial charge in [0, 0.05) is 16.3 Å². The Balaban J connectivity index is 2.20. The van der Waals surface area contributed by atoms with Gasteiger partial charge in [-0.05, 0) is 31.5 Å². The van der Waals surface area contributed by atoms with Crippen molar-refractivity contribution in [2.45, 2.75) is 19.3 Å². The molecule has 0 radical (unpaired) electrons. The lowest BCUT2D eigenvalue weighted by atomic mass is 9.94. The van der Waals surface area contributed by atoms with Gasteiger partial charge in [-0.1, -0.05) is 29.8 Å². The van der Waals surface area contributed by atoms with Crippen molar-refractivity contribution < 1.29 is 0 Å². The van der Waals surface area contributed by atoms with Crippen LogP contribution in [-0.4, -0.2) is 11.5 Å².